The number of carbonyl (C=O) groups is 3. The van der Waals surface area contributed by atoms with Crippen LogP contribution in [-0.4, -0.2) is 34.6 Å². The van der Waals surface area contributed by atoms with Gasteiger partial charge in [0, 0.05) is 30.1 Å². The van der Waals surface area contributed by atoms with E-state index in [0.717, 1.165) is 16.7 Å². The number of rotatable bonds is 3. The third kappa shape index (κ3) is 4.60. The lowest BCUT2D eigenvalue weighted by Gasteiger charge is -2.29. The number of aliphatic imine (C=N–C) groups is 1. The number of hydrogen-bond donors (Lipinski definition) is 3. The molecule has 1 saturated heterocycles. The highest BCUT2D eigenvalue weighted by Gasteiger charge is 2.34. The predicted molar refractivity (Wildman–Crippen MR) is 117 cm³/mol. The number of aryl methyl sites for hydroxylation is 1. The number of piperidine rings is 1. The molecular weight excluding hydrogens is 418 g/mol. The first-order chi connectivity index (χ1) is 14.8. The van der Waals surface area contributed by atoms with Gasteiger partial charge in [-0.3, -0.25) is 29.9 Å². The number of halogens is 1. The summed E-state index contributed by atoms with van der Waals surface area (Å²) in [5.41, 5.74) is 9.82. The largest absolute Gasteiger partial charge is 0.369 e. The highest BCUT2D eigenvalue weighted by Crippen LogP contribution is 2.28. The number of amides is 3. The summed E-state index contributed by atoms with van der Waals surface area (Å²) in [5, 5.41) is 5.55. The highest BCUT2D eigenvalue weighted by atomic mass is 35.5. The van der Waals surface area contributed by atoms with Gasteiger partial charge in [0.2, 0.25) is 17.8 Å². The summed E-state index contributed by atoms with van der Waals surface area (Å²) in [4.78, 5) is 42.4. The Bertz CT molecular complexity index is 1110. The molecule has 31 heavy (non-hydrogen) atoms. The third-order valence-corrected chi connectivity index (χ3v) is 5.92. The lowest BCUT2D eigenvalue weighted by atomic mass is 10.0. The minimum Gasteiger partial charge on any atom is -0.369 e. The first-order valence-electron chi connectivity index (χ1n) is 9.91. The minimum absolute atomic E-state index is 0.0319. The van der Waals surface area contributed by atoms with Crippen molar-refractivity contribution in [3.63, 3.8) is 0 Å². The Morgan fingerprint density at radius 1 is 1.19 bits per heavy atom. The summed E-state index contributed by atoms with van der Waals surface area (Å²) < 4.78 is 0. The van der Waals surface area contributed by atoms with Crippen LogP contribution >= 0.6 is 11.6 Å². The third-order valence-electron chi connectivity index (χ3n) is 5.51. The quantitative estimate of drug-likeness (QED) is 0.385. The van der Waals surface area contributed by atoms with E-state index in [1.807, 2.05) is 24.0 Å². The fourth-order valence-corrected chi connectivity index (χ4v) is 3.99. The number of hydrogen-bond acceptors (Lipinski definition) is 5. The molecule has 1 unspecified atom stereocenters. The van der Waals surface area contributed by atoms with Gasteiger partial charge in [-0.05, 0) is 54.3 Å². The highest BCUT2D eigenvalue weighted by molar-refractivity contribution is 6.31. The van der Waals surface area contributed by atoms with Crippen molar-refractivity contribution in [1.29, 1.82) is 0 Å². The van der Waals surface area contributed by atoms with Crippen molar-refractivity contribution < 1.29 is 14.4 Å². The van der Waals surface area contributed by atoms with Gasteiger partial charge in [0.05, 0.1) is 11.7 Å². The number of carbonyl (C=O) groups excluding carboxylic acids is 3. The second-order valence-corrected chi connectivity index (χ2v) is 8.15. The average molecular weight is 440 g/mol. The maximum absolute atomic E-state index is 12.6. The molecule has 2 aliphatic rings. The standard InChI is InChI=1S/C22H22ClN5O3/c1-12-2-5-16(9-17(12)23)25-22(24)27-20(30)13-3-4-14-10-28(11-15(14)8-13)18-6-7-19(29)26-21(18)31/h2-5,8-9,18H,6-7,10-11H2,1H3,(H,26,29,31)(H3,24,25,27,30). The molecule has 0 aromatic heterocycles. The molecule has 0 saturated carbocycles. The van der Waals surface area contributed by atoms with Crippen LogP contribution in [0.15, 0.2) is 41.4 Å². The minimum atomic E-state index is -0.373. The molecule has 0 aliphatic carbocycles. The molecule has 2 aliphatic heterocycles. The molecule has 8 nitrogen and oxygen atoms in total. The van der Waals surface area contributed by atoms with Crippen LogP contribution in [0.5, 0.6) is 0 Å². The summed E-state index contributed by atoms with van der Waals surface area (Å²) in [5.74, 6) is -0.899. The van der Waals surface area contributed by atoms with Crippen molar-refractivity contribution >= 4 is 41.0 Å². The van der Waals surface area contributed by atoms with E-state index in [-0.39, 0.29) is 29.7 Å². The molecular formula is C22H22ClN5O3. The molecule has 0 spiro atoms. The maximum atomic E-state index is 12.6. The van der Waals surface area contributed by atoms with Gasteiger partial charge in [-0.15, -0.1) is 0 Å². The van der Waals surface area contributed by atoms with Crippen molar-refractivity contribution in [1.82, 2.24) is 15.5 Å². The number of nitrogens with two attached hydrogens (primary N) is 1. The van der Waals surface area contributed by atoms with Gasteiger partial charge in [0.15, 0.2) is 0 Å². The fraction of sp³-hybridized carbons (Fsp3) is 0.273. The molecule has 4 rings (SSSR count). The van der Waals surface area contributed by atoms with Crippen LogP contribution in [0.1, 0.15) is 39.9 Å². The molecule has 160 valence electrons. The smallest absolute Gasteiger partial charge is 0.257 e. The second kappa shape index (κ2) is 8.49. The van der Waals surface area contributed by atoms with Gasteiger partial charge in [0.1, 0.15) is 0 Å². The van der Waals surface area contributed by atoms with Crippen LogP contribution in [0, 0.1) is 6.92 Å². The fourth-order valence-electron chi connectivity index (χ4n) is 3.82. The molecule has 3 amide bonds. The Morgan fingerprint density at radius 2 is 1.97 bits per heavy atom. The number of benzene rings is 2. The van der Waals surface area contributed by atoms with E-state index < -0.39 is 0 Å². The van der Waals surface area contributed by atoms with Crippen molar-refractivity contribution in [2.24, 2.45) is 10.7 Å². The van der Waals surface area contributed by atoms with Crippen molar-refractivity contribution in [2.45, 2.75) is 38.9 Å². The normalized spacial score (nSPS) is 19.2. The van der Waals surface area contributed by atoms with Crippen LogP contribution in [0.25, 0.3) is 0 Å². The van der Waals surface area contributed by atoms with E-state index in [4.69, 9.17) is 17.3 Å². The Balaban J connectivity index is 1.43. The van der Waals surface area contributed by atoms with Crippen LogP contribution in [0.4, 0.5) is 5.69 Å². The van der Waals surface area contributed by atoms with E-state index in [1.54, 1.807) is 24.3 Å². The molecule has 2 aromatic rings. The zero-order valence-corrected chi connectivity index (χ0v) is 17.7. The molecule has 2 aromatic carbocycles. The molecule has 9 heteroatoms. The first-order valence-corrected chi connectivity index (χ1v) is 10.3. The topological polar surface area (TPSA) is 117 Å². The second-order valence-electron chi connectivity index (χ2n) is 7.74. The number of guanidine groups is 1. The summed E-state index contributed by atoms with van der Waals surface area (Å²) in [6, 6.07) is 10.3. The van der Waals surface area contributed by atoms with E-state index in [0.29, 0.717) is 42.2 Å². The van der Waals surface area contributed by atoms with Gasteiger partial charge < -0.3 is 5.73 Å². The maximum Gasteiger partial charge on any atom is 0.257 e. The molecule has 2 heterocycles. The molecule has 1 atom stereocenters. The molecule has 0 radical (unpaired) electrons. The average Bonchev–Trinajstić information content (AvgIpc) is 3.13. The predicted octanol–water partition coefficient (Wildman–Crippen LogP) is 2.15. The lowest BCUT2D eigenvalue weighted by Crippen LogP contribution is -2.50. The molecule has 4 N–H and O–H groups in total. The zero-order valence-electron chi connectivity index (χ0n) is 16.9. The Hall–Kier alpha value is -3.23. The van der Waals surface area contributed by atoms with Crippen LogP contribution in [0.2, 0.25) is 5.02 Å². The van der Waals surface area contributed by atoms with Gasteiger partial charge in [-0.25, -0.2) is 4.99 Å². The van der Waals surface area contributed by atoms with Gasteiger partial charge in [0.25, 0.3) is 5.91 Å². The summed E-state index contributed by atoms with van der Waals surface area (Å²) in [7, 11) is 0. The SMILES string of the molecule is Cc1ccc(N=C(N)NC(=O)c2ccc3c(c2)CN(C2CCC(=O)NC2=O)C3)cc1Cl. The zero-order chi connectivity index (χ0) is 22.1. The number of nitrogens with one attached hydrogen (secondary N) is 2. The number of nitrogens with zero attached hydrogens (tertiary/aromatic N) is 2. The van der Waals surface area contributed by atoms with Gasteiger partial charge in [-0.1, -0.05) is 23.7 Å². The monoisotopic (exact) mass is 439 g/mol. The van der Waals surface area contributed by atoms with Crippen LogP contribution in [-0.2, 0) is 22.7 Å². The Morgan fingerprint density at radius 3 is 2.71 bits per heavy atom. The molecule has 1 fully saturated rings. The van der Waals surface area contributed by atoms with Gasteiger partial charge in [-0.2, -0.15) is 0 Å². The van der Waals surface area contributed by atoms with E-state index in [2.05, 4.69) is 15.6 Å². The number of imide groups is 1. The van der Waals surface area contributed by atoms with E-state index in [9.17, 15) is 14.4 Å². The van der Waals surface area contributed by atoms with Crippen molar-refractivity contribution in [2.75, 3.05) is 0 Å². The summed E-state index contributed by atoms with van der Waals surface area (Å²) >= 11 is 6.09. The lowest BCUT2D eigenvalue weighted by molar-refractivity contribution is -0.137. The van der Waals surface area contributed by atoms with Gasteiger partial charge >= 0.3 is 0 Å². The summed E-state index contributed by atoms with van der Waals surface area (Å²) in [6.45, 7) is 3.02. The Kier molecular flexibility index (Phi) is 5.75. The van der Waals surface area contributed by atoms with Crippen molar-refractivity contribution in [3.05, 3.63) is 63.7 Å². The molecule has 0 bridgehead atoms. The van der Waals surface area contributed by atoms with E-state index in [1.165, 1.54) is 0 Å². The first kappa shape index (κ1) is 21.0. The van der Waals surface area contributed by atoms with Crippen molar-refractivity contribution in [3.8, 4) is 0 Å². The number of fused-ring (bicyclic) bond motifs is 1. The Labute approximate surface area is 184 Å². The van der Waals surface area contributed by atoms with Crippen LogP contribution < -0.4 is 16.4 Å². The van der Waals surface area contributed by atoms with Crippen LogP contribution in [0.3, 0.4) is 0 Å². The van der Waals surface area contributed by atoms with E-state index >= 15 is 0 Å². The summed E-state index contributed by atoms with van der Waals surface area (Å²) in [6.07, 6.45) is 0.837.